The first-order chi connectivity index (χ1) is 13.6. The van der Waals surface area contributed by atoms with Gasteiger partial charge in [-0.05, 0) is 43.9 Å². The smallest absolute Gasteiger partial charge is 0.220 e. The monoisotopic (exact) mass is 394 g/mol. The van der Waals surface area contributed by atoms with Gasteiger partial charge in [0.1, 0.15) is 10.8 Å². The average molecular weight is 395 g/mol. The Labute approximate surface area is 170 Å². The lowest BCUT2D eigenvalue weighted by molar-refractivity contribution is -0.121. The highest BCUT2D eigenvalue weighted by Crippen LogP contribution is 2.21. The summed E-state index contributed by atoms with van der Waals surface area (Å²) in [5.74, 6) is 0.991. The van der Waals surface area contributed by atoms with Crippen molar-refractivity contribution in [3.05, 3.63) is 70.0 Å². The summed E-state index contributed by atoms with van der Waals surface area (Å²) >= 11 is 1.57. The minimum absolute atomic E-state index is 0.0585. The second-order valence-corrected chi connectivity index (χ2v) is 7.79. The maximum atomic E-state index is 12.0. The van der Waals surface area contributed by atoms with Crippen LogP contribution >= 0.6 is 11.3 Å². The molecule has 0 aliphatic heterocycles. The third-order valence-electron chi connectivity index (χ3n) is 4.46. The highest BCUT2D eigenvalue weighted by atomic mass is 32.1. The molecule has 28 heavy (non-hydrogen) atoms. The minimum atomic E-state index is 0.0585. The van der Waals surface area contributed by atoms with Crippen molar-refractivity contribution in [1.29, 1.82) is 0 Å². The summed E-state index contributed by atoms with van der Waals surface area (Å²) in [7, 11) is 0. The highest BCUT2D eigenvalue weighted by molar-refractivity contribution is 7.09. The molecule has 146 valence electrons. The lowest BCUT2D eigenvalue weighted by Gasteiger charge is -2.10. The van der Waals surface area contributed by atoms with Gasteiger partial charge in [-0.2, -0.15) is 0 Å². The van der Waals surface area contributed by atoms with E-state index in [2.05, 4.69) is 35.4 Å². The van der Waals surface area contributed by atoms with E-state index in [1.165, 1.54) is 5.56 Å². The highest BCUT2D eigenvalue weighted by Gasteiger charge is 2.07. The Bertz CT molecular complexity index is 906. The molecule has 0 aliphatic carbocycles. The van der Waals surface area contributed by atoms with Gasteiger partial charge in [-0.3, -0.25) is 4.79 Å². The molecule has 0 saturated heterocycles. The van der Waals surface area contributed by atoms with Gasteiger partial charge in [-0.15, -0.1) is 11.3 Å². The molecule has 1 aromatic heterocycles. The summed E-state index contributed by atoms with van der Waals surface area (Å²) < 4.78 is 5.83. The predicted molar refractivity (Wildman–Crippen MR) is 115 cm³/mol. The number of ether oxygens (including phenoxy) is 1. The first-order valence-corrected chi connectivity index (χ1v) is 10.5. The van der Waals surface area contributed by atoms with Crippen LogP contribution in [-0.2, 0) is 11.3 Å². The molecule has 0 unspecified atom stereocenters. The summed E-state index contributed by atoms with van der Waals surface area (Å²) in [6.45, 7) is 5.21. The van der Waals surface area contributed by atoms with Gasteiger partial charge in [0.15, 0.2) is 0 Å². The third-order valence-corrected chi connectivity index (χ3v) is 5.31. The topological polar surface area (TPSA) is 51.2 Å². The fourth-order valence-corrected chi connectivity index (χ4v) is 3.57. The maximum absolute atomic E-state index is 12.0. The zero-order chi connectivity index (χ0) is 19.8. The predicted octanol–water partition coefficient (Wildman–Crippen LogP) is 5.29. The van der Waals surface area contributed by atoms with Crippen LogP contribution in [0.2, 0.25) is 0 Å². The van der Waals surface area contributed by atoms with Gasteiger partial charge in [0.25, 0.3) is 0 Å². The lowest BCUT2D eigenvalue weighted by atomic mass is 10.1. The molecule has 1 N–H and O–H groups in total. The van der Waals surface area contributed by atoms with Crippen molar-refractivity contribution in [2.75, 3.05) is 6.61 Å². The number of amides is 1. The van der Waals surface area contributed by atoms with E-state index < -0.39 is 0 Å². The Morgan fingerprint density at radius 3 is 2.75 bits per heavy atom. The second-order valence-electron chi connectivity index (χ2n) is 6.84. The van der Waals surface area contributed by atoms with E-state index in [9.17, 15) is 4.79 Å². The molecule has 1 heterocycles. The van der Waals surface area contributed by atoms with Crippen LogP contribution in [0.3, 0.4) is 0 Å². The number of nitrogens with zero attached hydrogens (tertiary/aromatic N) is 1. The van der Waals surface area contributed by atoms with E-state index in [4.69, 9.17) is 4.74 Å². The first kappa shape index (κ1) is 20.1. The van der Waals surface area contributed by atoms with Crippen LogP contribution in [0.25, 0.3) is 11.3 Å². The van der Waals surface area contributed by atoms with Gasteiger partial charge in [-0.1, -0.05) is 42.5 Å². The maximum Gasteiger partial charge on any atom is 0.220 e. The number of benzene rings is 2. The SMILES string of the molecule is Cc1ccc(C)c(OCCCCC(=O)NCc2nc(-c3ccccc3)cs2)c1. The summed E-state index contributed by atoms with van der Waals surface area (Å²) in [5, 5.41) is 5.91. The minimum Gasteiger partial charge on any atom is -0.493 e. The molecule has 0 bridgehead atoms. The van der Waals surface area contributed by atoms with Crippen molar-refractivity contribution >= 4 is 17.2 Å². The Morgan fingerprint density at radius 1 is 1.11 bits per heavy atom. The fraction of sp³-hybridized carbons (Fsp3) is 0.304. The Morgan fingerprint density at radius 2 is 1.93 bits per heavy atom. The number of rotatable bonds is 9. The molecule has 1 amide bonds. The molecule has 0 fully saturated rings. The average Bonchev–Trinajstić information content (AvgIpc) is 3.18. The van der Waals surface area contributed by atoms with E-state index in [1.807, 2.05) is 42.6 Å². The summed E-state index contributed by atoms with van der Waals surface area (Å²) in [5.41, 5.74) is 4.39. The standard InChI is InChI=1S/C23H26N2O2S/c1-17-11-12-18(2)21(14-17)27-13-7-6-10-22(26)24-15-23-25-20(16-28-23)19-8-4-3-5-9-19/h3-5,8-9,11-12,14,16H,6-7,10,13,15H2,1-2H3,(H,24,26). The molecule has 3 aromatic rings. The quantitative estimate of drug-likeness (QED) is 0.502. The molecule has 0 aliphatic rings. The zero-order valence-corrected chi connectivity index (χ0v) is 17.2. The van der Waals surface area contributed by atoms with Gasteiger partial charge in [-0.25, -0.2) is 4.98 Å². The number of unbranched alkanes of at least 4 members (excludes halogenated alkanes) is 1. The zero-order valence-electron chi connectivity index (χ0n) is 16.4. The van der Waals surface area contributed by atoms with Crippen molar-refractivity contribution in [3.63, 3.8) is 0 Å². The molecule has 2 aromatic carbocycles. The third kappa shape index (κ3) is 5.92. The van der Waals surface area contributed by atoms with E-state index in [-0.39, 0.29) is 5.91 Å². The first-order valence-electron chi connectivity index (χ1n) is 9.58. The number of hydrogen-bond donors (Lipinski definition) is 1. The molecule has 4 nitrogen and oxygen atoms in total. The largest absolute Gasteiger partial charge is 0.493 e. The molecule has 0 atom stereocenters. The van der Waals surface area contributed by atoms with Crippen LogP contribution in [0.5, 0.6) is 5.75 Å². The van der Waals surface area contributed by atoms with Gasteiger partial charge < -0.3 is 10.1 Å². The normalized spacial score (nSPS) is 10.6. The Hall–Kier alpha value is -2.66. The molecule has 0 spiro atoms. The van der Waals surface area contributed by atoms with E-state index in [0.717, 1.165) is 40.4 Å². The van der Waals surface area contributed by atoms with Crippen molar-refractivity contribution in [2.45, 2.75) is 39.7 Å². The Kier molecular flexibility index (Phi) is 7.20. The van der Waals surface area contributed by atoms with Crippen LogP contribution in [0.4, 0.5) is 0 Å². The van der Waals surface area contributed by atoms with E-state index in [0.29, 0.717) is 19.6 Å². The van der Waals surface area contributed by atoms with Crippen LogP contribution in [0.1, 0.15) is 35.4 Å². The number of aryl methyl sites for hydroxylation is 2. The number of carbonyl (C=O) groups excluding carboxylic acids is 1. The van der Waals surface area contributed by atoms with Crippen LogP contribution < -0.4 is 10.1 Å². The van der Waals surface area contributed by atoms with Crippen LogP contribution in [-0.4, -0.2) is 17.5 Å². The second kappa shape index (κ2) is 10.0. The van der Waals surface area contributed by atoms with Gasteiger partial charge in [0.2, 0.25) is 5.91 Å². The van der Waals surface area contributed by atoms with Gasteiger partial charge >= 0.3 is 0 Å². The molecule has 3 rings (SSSR count). The van der Waals surface area contributed by atoms with E-state index in [1.54, 1.807) is 11.3 Å². The molecule has 0 radical (unpaired) electrons. The molecule has 0 saturated carbocycles. The van der Waals surface area contributed by atoms with Crippen molar-refractivity contribution < 1.29 is 9.53 Å². The summed E-state index contributed by atoms with van der Waals surface area (Å²) in [4.78, 5) is 16.6. The Balaban J connectivity index is 1.34. The number of carbonyl (C=O) groups is 1. The molecule has 5 heteroatoms. The van der Waals surface area contributed by atoms with Crippen molar-refractivity contribution in [2.24, 2.45) is 0 Å². The number of hydrogen-bond acceptors (Lipinski definition) is 4. The van der Waals surface area contributed by atoms with Gasteiger partial charge in [0.05, 0.1) is 18.8 Å². The summed E-state index contributed by atoms with van der Waals surface area (Å²) in [6, 6.07) is 16.3. The fourth-order valence-electron chi connectivity index (χ4n) is 2.83. The van der Waals surface area contributed by atoms with Crippen molar-refractivity contribution in [1.82, 2.24) is 10.3 Å². The van der Waals surface area contributed by atoms with Crippen LogP contribution in [0, 0.1) is 13.8 Å². The number of thiazole rings is 1. The molecular formula is C23H26N2O2S. The van der Waals surface area contributed by atoms with Gasteiger partial charge in [0, 0.05) is 17.4 Å². The van der Waals surface area contributed by atoms with E-state index >= 15 is 0 Å². The summed E-state index contributed by atoms with van der Waals surface area (Å²) in [6.07, 6.45) is 2.17. The number of nitrogens with one attached hydrogen (secondary N) is 1. The number of aromatic nitrogens is 1. The van der Waals surface area contributed by atoms with Crippen LogP contribution in [0.15, 0.2) is 53.9 Å². The lowest BCUT2D eigenvalue weighted by Crippen LogP contribution is -2.22. The molecular weight excluding hydrogens is 368 g/mol. The van der Waals surface area contributed by atoms with Crippen molar-refractivity contribution in [3.8, 4) is 17.0 Å².